The summed E-state index contributed by atoms with van der Waals surface area (Å²) in [7, 11) is 1.64. The van der Waals surface area contributed by atoms with Gasteiger partial charge in [0.15, 0.2) is 6.29 Å². The van der Waals surface area contributed by atoms with E-state index in [1.807, 2.05) is 0 Å². The lowest BCUT2D eigenvalue weighted by molar-refractivity contribution is -0.238. The van der Waals surface area contributed by atoms with Crippen LogP contribution in [0.4, 0.5) is 0 Å². The molecule has 1 saturated heterocycles. The minimum atomic E-state index is -0.154. The van der Waals surface area contributed by atoms with Crippen LogP contribution in [0.3, 0.4) is 0 Å². The Hall–Kier alpha value is -0.120. The minimum Gasteiger partial charge on any atom is -0.371 e. The number of rotatable bonds is 2. The average Bonchev–Trinajstić information content (AvgIpc) is 2.04. The fraction of sp³-hybridized carbons (Fsp3) is 1.00. The highest BCUT2D eigenvalue weighted by Gasteiger charge is 2.24. The minimum absolute atomic E-state index is 0.124. The van der Waals surface area contributed by atoms with Gasteiger partial charge in [0.2, 0.25) is 0 Å². The van der Waals surface area contributed by atoms with Gasteiger partial charge >= 0.3 is 0 Å². The van der Waals surface area contributed by atoms with Gasteiger partial charge in [-0.15, -0.1) is 0 Å². The highest BCUT2D eigenvalue weighted by atomic mass is 16.7. The summed E-state index contributed by atoms with van der Waals surface area (Å²) in [6, 6.07) is 0. The number of methoxy groups -OCH3 is 1. The van der Waals surface area contributed by atoms with Gasteiger partial charge in [-0.05, 0) is 6.42 Å². The summed E-state index contributed by atoms with van der Waals surface area (Å²) in [6.45, 7) is 3.40. The molecule has 3 nitrogen and oxygen atoms in total. The molecule has 1 aliphatic heterocycles. The summed E-state index contributed by atoms with van der Waals surface area (Å²) in [6.07, 6.45) is 0.913. The van der Waals surface area contributed by atoms with E-state index >= 15 is 0 Å². The van der Waals surface area contributed by atoms with E-state index in [1.165, 1.54) is 0 Å². The van der Waals surface area contributed by atoms with Crippen molar-refractivity contribution in [3.63, 3.8) is 0 Å². The molecule has 0 N–H and O–H groups in total. The Kier molecular flexibility index (Phi) is 3.12. The van der Waals surface area contributed by atoms with Gasteiger partial charge in [0.05, 0.1) is 13.2 Å². The highest BCUT2D eigenvalue weighted by molar-refractivity contribution is 4.63. The Morgan fingerprint density at radius 1 is 1.40 bits per heavy atom. The van der Waals surface area contributed by atoms with Gasteiger partial charge in [0.25, 0.3) is 0 Å². The lowest BCUT2D eigenvalue weighted by atomic mass is 10.2. The van der Waals surface area contributed by atoms with Crippen molar-refractivity contribution in [3.05, 3.63) is 0 Å². The quantitative estimate of drug-likeness (QED) is 0.576. The molecule has 0 aromatic heterocycles. The average molecular weight is 146 g/mol. The summed E-state index contributed by atoms with van der Waals surface area (Å²) >= 11 is 0. The van der Waals surface area contributed by atoms with Crippen molar-refractivity contribution in [3.8, 4) is 0 Å². The van der Waals surface area contributed by atoms with Crippen molar-refractivity contribution in [1.29, 1.82) is 0 Å². The molecule has 0 saturated carbocycles. The third-order valence-corrected chi connectivity index (χ3v) is 1.64. The lowest BCUT2D eigenvalue weighted by Gasteiger charge is -2.29. The fourth-order valence-electron chi connectivity index (χ4n) is 1.08. The van der Waals surface area contributed by atoms with Gasteiger partial charge in [-0.3, -0.25) is 0 Å². The Bertz CT molecular complexity index is 82.9. The maximum absolute atomic E-state index is 5.38. The largest absolute Gasteiger partial charge is 0.371 e. The van der Waals surface area contributed by atoms with E-state index in [0.29, 0.717) is 13.2 Å². The first-order chi connectivity index (χ1) is 4.88. The third-order valence-electron chi connectivity index (χ3n) is 1.64. The Labute approximate surface area is 61.3 Å². The van der Waals surface area contributed by atoms with Crippen molar-refractivity contribution in [2.45, 2.75) is 25.7 Å². The molecule has 0 radical (unpaired) electrons. The molecule has 60 valence electrons. The zero-order valence-electron chi connectivity index (χ0n) is 6.50. The van der Waals surface area contributed by atoms with Gasteiger partial charge < -0.3 is 14.2 Å². The Morgan fingerprint density at radius 2 is 2.10 bits per heavy atom. The van der Waals surface area contributed by atoms with E-state index in [-0.39, 0.29) is 12.4 Å². The summed E-state index contributed by atoms with van der Waals surface area (Å²) in [5.74, 6) is 0. The maximum atomic E-state index is 5.38. The van der Waals surface area contributed by atoms with Crippen LogP contribution in [0.15, 0.2) is 0 Å². The van der Waals surface area contributed by atoms with Gasteiger partial charge in [-0.25, -0.2) is 0 Å². The molecule has 1 rings (SSSR count). The summed E-state index contributed by atoms with van der Waals surface area (Å²) in [5.41, 5.74) is 0. The summed E-state index contributed by atoms with van der Waals surface area (Å²) < 4.78 is 15.7. The number of ether oxygens (including phenoxy) is 3. The third kappa shape index (κ3) is 1.68. The van der Waals surface area contributed by atoms with E-state index < -0.39 is 0 Å². The van der Waals surface area contributed by atoms with Crippen LogP contribution < -0.4 is 0 Å². The Morgan fingerprint density at radius 3 is 2.60 bits per heavy atom. The molecule has 0 aromatic rings. The van der Waals surface area contributed by atoms with Crippen LogP contribution in [-0.4, -0.2) is 32.7 Å². The van der Waals surface area contributed by atoms with E-state index in [4.69, 9.17) is 14.2 Å². The molecular weight excluding hydrogens is 132 g/mol. The second-order valence-electron chi connectivity index (χ2n) is 2.29. The predicted octanol–water partition coefficient (Wildman–Crippen LogP) is 0.784. The van der Waals surface area contributed by atoms with Crippen LogP contribution in [0.5, 0.6) is 0 Å². The highest BCUT2D eigenvalue weighted by Crippen LogP contribution is 2.13. The summed E-state index contributed by atoms with van der Waals surface area (Å²) in [5, 5.41) is 0. The second kappa shape index (κ2) is 3.91. The van der Waals surface area contributed by atoms with Crippen LogP contribution in [-0.2, 0) is 14.2 Å². The topological polar surface area (TPSA) is 27.7 Å². The van der Waals surface area contributed by atoms with Crippen molar-refractivity contribution < 1.29 is 14.2 Å². The standard InChI is InChI=1S/C7H14O3/c1-3-6-7(8-2)10-5-4-9-6/h6-7H,3-5H2,1-2H3. The molecule has 3 heteroatoms. The molecular formula is C7H14O3. The molecule has 2 unspecified atom stereocenters. The molecule has 0 spiro atoms. The van der Waals surface area contributed by atoms with E-state index in [1.54, 1.807) is 7.11 Å². The molecule has 0 bridgehead atoms. The first-order valence-corrected chi connectivity index (χ1v) is 3.64. The van der Waals surface area contributed by atoms with Crippen molar-refractivity contribution >= 4 is 0 Å². The van der Waals surface area contributed by atoms with Crippen LogP contribution in [0.1, 0.15) is 13.3 Å². The van der Waals surface area contributed by atoms with E-state index in [9.17, 15) is 0 Å². The van der Waals surface area contributed by atoms with Gasteiger partial charge in [0, 0.05) is 7.11 Å². The zero-order valence-corrected chi connectivity index (χ0v) is 6.50. The van der Waals surface area contributed by atoms with E-state index in [0.717, 1.165) is 6.42 Å². The van der Waals surface area contributed by atoms with Crippen LogP contribution in [0.25, 0.3) is 0 Å². The Balaban J connectivity index is 2.34. The SMILES string of the molecule is CCC1OCCOC1OC. The molecule has 10 heavy (non-hydrogen) atoms. The normalized spacial score (nSPS) is 34.2. The fourth-order valence-corrected chi connectivity index (χ4v) is 1.08. The van der Waals surface area contributed by atoms with Crippen molar-refractivity contribution in [2.75, 3.05) is 20.3 Å². The smallest absolute Gasteiger partial charge is 0.183 e. The van der Waals surface area contributed by atoms with Crippen molar-refractivity contribution in [1.82, 2.24) is 0 Å². The number of hydrogen-bond donors (Lipinski definition) is 0. The van der Waals surface area contributed by atoms with E-state index in [2.05, 4.69) is 6.92 Å². The van der Waals surface area contributed by atoms with Crippen LogP contribution >= 0.6 is 0 Å². The zero-order chi connectivity index (χ0) is 7.40. The maximum Gasteiger partial charge on any atom is 0.183 e. The van der Waals surface area contributed by atoms with Gasteiger partial charge in [0.1, 0.15) is 6.10 Å². The molecule has 1 heterocycles. The molecule has 0 aromatic carbocycles. The lowest BCUT2D eigenvalue weighted by Crippen LogP contribution is -2.39. The second-order valence-corrected chi connectivity index (χ2v) is 2.29. The van der Waals surface area contributed by atoms with Crippen LogP contribution in [0, 0.1) is 0 Å². The molecule has 2 atom stereocenters. The monoisotopic (exact) mass is 146 g/mol. The first kappa shape index (κ1) is 7.98. The van der Waals surface area contributed by atoms with Crippen molar-refractivity contribution in [2.24, 2.45) is 0 Å². The summed E-state index contributed by atoms with van der Waals surface area (Å²) in [4.78, 5) is 0. The molecule has 0 amide bonds. The molecule has 1 fully saturated rings. The van der Waals surface area contributed by atoms with Crippen LogP contribution in [0.2, 0.25) is 0 Å². The number of hydrogen-bond acceptors (Lipinski definition) is 3. The van der Waals surface area contributed by atoms with Gasteiger partial charge in [-0.1, -0.05) is 6.92 Å². The predicted molar refractivity (Wildman–Crippen MR) is 36.8 cm³/mol. The first-order valence-electron chi connectivity index (χ1n) is 3.64. The van der Waals surface area contributed by atoms with Gasteiger partial charge in [-0.2, -0.15) is 0 Å². The molecule has 1 aliphatic rings. The molecule has 0 aliphatic carbocycles.